The van der Waals surface area contributed by atoms with Gasteiger partial charge in [-0.2, -0.15) is 5.10 Å². The summed E-state index contributed by atoms with van der Waals surface area (Å²) >= 11 is 0. The van der Waals surface area contributed by atoms with Crippen molar-refractivity contribution in [1.29, 1.82) is 0 Å². The molecule has 0 saturated carbocycles. The number of methoxy groups -OCH3 is 2. The minimum Gasteiger partial charge on any atom is -0.463 e. The summed E-state index contributed by atoms with van der Waals surface area (Å²) in [6, 6.07) is 0. The van der Waals surface area contributed by atoms with Crippen molar-refractivity contribution in [3.63, 3.8) is 0 Å². The van der Waals surface area contributed by atoms with Crippen molar-refractivity contribution < 1.29 is 18.7 Å². The molecule has 0 saturated heterocycles. The van der Waals surface area contributed by atoms with E-state index in [9.17, 15) is 4.79 Å². The molecule has 0 bridgehead atoms. The average molecular weight is 251 g/mol. The normalized spacial score (nSPS) is 10.6. The highest BCUT2D eigenvalue weighted by atomic mass is 16.5. The van der Waals surface area contributed by atoms with Crippen molar-refractivity contribution in [2.75, 3.05) is 14.2 Å². The predicted octanol–water partition coefficient (Wildman–Crippen LogP) is 1.01. The van der Waals surface area contributed by atoms with Gasteiger partial charge in [0, 0.05) is 20.4 Å². The van der Waals surface area contributed by atoms with Crippen molar-refractivity contribution >= 4 is 5.97 Å². The van der Waals surface area contributed by atoms with Crippen LogP contribution in [0, 0.1) is 0 Å². The van der Waals surface area contributed by atoms with Gasteiger partial charge in [0.1, 0.15) is 5.69 Å². The summed E-state index contributed by atoms with van der Waals surface area (Å²) in [5.41, 5.74) is 1.09. The van der Waals surface area contributed by atoms with Gasteiger partial charge < -0.3 is 13.9 Å². The van der Waals surface area contributed by atoms with Crippen LogP contribution in [-0.2, 0) is 23.1 Å². The SMILES string of the molecule is COCc1nc(-c2cnn(C)c2)oc1C(=O)OC. The third-order valence-electron chi connectivity index (χ3n) is 2.30. The third-order valence-corrected chi connectivity index (χ3v) is 2.30. The van der Waals surface area contributed by atoms with Crippen molar-refractivity contribution in [2.24, 2.45) is 7.05 Å². The van der Waals surface area contributed by atoms with Gasteiger partial charge in [0.25, 0.3) is 0 Å². The van der Waals surface area contributed by atoms with Crippen molar-refractivity contribution in [2.45, 2.75) is 6.61 Å². The summed E-state index contributed by atoms with van der Waals surface area (Å²) < 4.78 is 16.6. The van der Waals surface area contributed by atoms with Gasteiger partial charge in [-0.15, -0.1) is 0 Å². The Labute approximate surface area is 103 Å². The second kappa shape index (κ2) is 5.01. The Morgan fingerprint density at radius 1 is 1.50 bits per heavy atom. The summed E-state index contributed by atoms with van der Waals surface area (Å²) in [7, 11) is 4.58. The molecular formula is C11H13N3O4. The van der Waals surface area contributed by atoms with E-state index in [4.69, 9.17) is 9.15 Å². The Hall–Kier alpha value is -2.15. The predicted molar refractivity (Wildman–Crippen MR) is 60.8 cm³/mol. The van der Waals surface area contributed by atoms with Crippen LogP contribution in [0.15, 0.2) is 16.8 Å². The maximum Gasteiger partial charge on any atom is 0.376 e. The van der Waals surface area contributed by atoms with Gasteiger partial charge in [-0.25, -0.2) is 9.78 Å². The molecular weight excluding hydrogens is 238 g/mol. The van der Waals surface area contributed by atoms with Gasteiger partial charge in [0.15, 0.2) is 0 Å². The van der Waals surface area contributed by atoms with Crippen LogP contribution in [0.5, 0.6) is 0 Å². The van der Waals surface area contributed by atoms with Crippen LogP contribution in [-0.4, -0.2) is 35.0 Å². The van der Waals surface area contributed by atoms with Crippen LogP contribution in [0.25, 0.3) is 11.5 Å². The second-order valence-electron chi connectivity index (χ2n) is 3.62. The fourth-order valence-electron chi connectivity index (χ4n) is 1.49. The number of ether oxygens (including phenoxy) is 2. The molecule has 0 N–H and O–H groups in total. The molecule has 7 heteroatoms. The number of aromatic nitrogens is 3. The standard InChI is InChI=1S/C11H13N3O4/c1-14-5-7(4-12-14)10-13-8(6-16-2)9(18-10)11(15)17-3/h4-5H,6H2,1-3H3. The lowest BCUT2D eigenvalue weighted by Crippen LogP contribution is -2.04. The summed E-state index contributed by atoms with van der Waals surface area (Å²) in [6.45, 7) is 0.175. The van der Waals surface area contributed by atoms with Gasteiger partial charge in [-0.1, -0.05) is 0 Å². The number of aryl methyl sites for hydroxylation is 1. The van der Waals surface area contributed by atoms with Crippen LogP contribution in [0.1, 0.15) is 16.2 Å². The minimum atomic E-state index is -0.579. The van der Waals surface area contributed by atoms with Crippen molar-refractivity contribution in [3.8, 4) is 11.5 Å². The number of carbonyl (C=O) groups excluding carboxylic acids is 1. The largest absolute Gasteiger partial charge is 0.463 e. The van der Waals surface area contributed by atoms with E-state index in [2.05, 4.69) is 14.8 Å². The Kier molecular flexibility index (Phi) is 3.42. The average Bonchev–Trinajstić information content (AvgIpc) is 2.95. The zero-order valence-corrected chi connectivity index (χ0v) is 10.3. The molecule has 0 fully saturated rings. The number of hydrogen-bond acceptors (Lipinski definition) is 6. The molecule has 96 valence electrons. The van der Waals surface area contributed by atoms with Crippen LogP contribution >= 0.6 is 0 Å². The molecule has 2 aromatic heterocycles. The third kappa shape index (κ3) is 2.25. The first kappa shape index (κ1) is 12.3. The molecule has 2 aromatic rings. The Morgan fingerprint density at radius 2 is 2.28 bits per heavy atom. The number of oxazole rings is 1. The monoisotopic (exact) mass is 251 g/mol. The number of esters is 1. The zero-order chi connectivity index (χ0) is 13.1. The molecule has 0 atom stereocenters. The Balaban J connectivity index is 2.41. The number of nitrogens with zero attached hydrogens (tertiary/aromatic N) is 3. The van der Waals surface area contributed by atoms with Crippen LogP contribution < -0.4 is 0 Å². The van der Waals surface area contributed by atoms with Crippen LogP contribution in [0.4, 0.5) is 0 Å². The zero-order valence-electron chi connectivity index (χ0n) is 10.3. The second-order valence-corrected chi connectivity index (χ2v) is 3.62. The lowest BCUT2D eigenvalue weighted by atomic mass is 10.3. The first-order chi connectivity index (χ1) is 8.65. The molecule has 0 aromatic carbocycles. The van der Waals surface area contributed by atoms with E-state index in [1.165, 1.54) is 14.2 Å². The van der Waals surface area contributed by atoms with E-state index in [1.807, 2.05) is 0 Å². The van der Waals surface area contributed by atoms with E-state index in [0.29, 0.717) is 17.1 Å². The fraction of sp³-hybridized carbons (Fsp3) is 0.364. The van der Waals surface area contributed by atoms with E-state index in [0.717, 1.165) is 0 Å². The molecule has 7 nitrogen and oxygen atoms in total. The van der Waals surface area contributed by atoms with Gasteiger partial charge in [0.05, 0.1) is 25.5 Å². The van der Waals surface area contributed by atoms with Crippen LogP contribution in [0.3, 0.4) is 0 Å². The molecule has 0 unspecified atom stereocenters. The molecule has 0 amide bonds. The van der Waals surface area contributed by atoms with Gasteiger partial charge in [-0.3, -0.25) is 4.68 Å². The van der Waals surface area contributed by atoms with Gasteiger partial charge >= 0.3 is 5.97 Å². The lowest BCUT2D eigenvalue weighted by Gasteiger charge is -1.96. The molecule has 2 heterocycles. The molecule has 2 rings (SSSR count). The molecule has 0 aliphatic carbocycles. The highest BCUT2D eigenvalue weighted by Gasteiger charge is 2.22. The van der Waals surface area contributed by atoms with E-state index < -0.39 is 5.97 Å². The maximum absolute atomic E-state index is 11.5. The first-order valence-electron chi connectivity index (χ1n) is 5.21. The Morgan fingerprint density at radius 3 is 2.83 bits per heavy atom. The van der Waals surface area contributed by atoms with E-state index >= 15 is 0 Å². The van der Waals surface area contributed by atoms with Crippen molar-refractivity contribution in [1.82, 2.24) is 14.8 Å². The van der Waals surface area contributed by atoms with Crippen molar-refractivity contribution in [3.05, 3.63) is 23.8 Å². The highest BCUT2D eigenvalue weighted by Crippen LogP contribution is 2.22. The van der Waals surface area contributed by atoms with E-state index in [-0.39, 0.29) is 12.4 Å². The van der Waals surface area contributed by atoms with Crippen LogP contribution in [0.2, 0.25) is 0 Å². The fourth-order valence-corrected chi connectivity index (χ4v) is 1.49. The lowest BCUT2D eigenvalue weighted by molar-refractivity contribution is 0.0559. The Bertz CT molecular complexity index is 558. The summed E-state index contributed by atoms with van der Waals surface area (Å²) in [5.74, 6) is -0.210. The number of hydrogen-bond donors (Lipinski definition) is 0. The summed E-state index contributed by atoms with van der Waals surface area (Å²) in [5, 5.41) is 4.01. The molecule has 0 aliphatic rings. The quantitative estimate of drug-likeness (QED) is 0.754. The minimum absolute atomic E-state index is 0.0539. The highest BCUT2D eigenvalue weighted by molar-refractivity contribution is 5.87. The molecule has 18 heavy (non-hydrogen) atoms. The first-order valence-corrected chi connectivity index (χ1v) is 5.21. The number of carbonyl (C=O) groups is 1. The number of rotatable bonds is 4. The van der Waals surface area contributed by atoms with Gasteiger partial charge in [-0.05, 0) is 0 Å². The molecule has 0 aliphatic heterocycles. The maximum atomic E-state index is 11.5. The summed E-state index contributed by atoms with van der Waals surface area (Å²) in [6.07, 6.45) is 3.34. The van der Waals surface area contributed by atoms with Gasteiger partial charge in [0.2, 0.25) is 11.7 Å². The smallest absolute Gasteiger partial charge is 0.376 e. The molecule has 0 spiro atoms. The topological polar surface area (TPSA) is 79.4 Å². The molecule has 0 radical (unpaired) electrons. The summed E-state index contributed by atoms with van der Waals surface area (Å²) in [4.78, 5) is 15.7. The van der Waals surface area contributed by atoms with E-state index in [1.54, 1.807) is 24.1 Å².